The van der Waals surface area contributed by atoms with Crippen LogP contribution in [0.3, 0.4) is 0 Å². The summed E-state index contributed by atoms with van der Waals surface area (Å²) in [5, 5.41) is 5.14. The first-order valence-electron chi connectivity index (χ1n) is 8.01. The van der Waals surface area contributed by atoms with Gasteiger partial charge in [0.2, 0.25) is 5.91 Å². The van der Waals surface area contributed by atoms with Gasteiger partial charge in [-0.1, -0.05) is 18.2 Å². The van der Waals surface area contributed by atoms with Gasteiger partial charge in [0.05, 0.1) is 12.1 Å². The predicted octanol–water partition coefficient (Wildman–Crippen LogP) is 2.69. The van der Waals surface area contributed by atoms with Crippen molar-refractivity contribution in [3.05, 3.63) is 65.4 Å². The second-order valence-corrected chi connectivity index (χ2v) is 5.86. The SMILES string of the molecule is Cc1[nH]c2ccccc2c1C(=O)C(=O)NCC(=O)Nc1ccc(F)c(F)c1. The van der Waals surface area contributed by atoms with Crippen LogP contribution in [0.2, 0.25) is 0 Å². The van der Waals surface area contributed by atoms with Crippen LogP contribution >= 0.6 is 0 Å². The van der Waals surface area contributed by atoms with E-state index < -0.39 is 35.8 Å². The van der Waals surface area contributed by atoms with E-state index in [0.717, 1.165) is 17.6 Å². The molecule has 8 heteroatoms. The summed E-state index contributed by atoms with van der Waals surface area (Å²) in [6.07, 6.45) is 0. The van der Waals surface area contributed by atoms with Crippen LogP contribution in [0.4, 0.5) is 14.5 Å². The molecule has 0 bridgehead atoms. The molecule has 2 amide bonds. The van der Waals surface area contributed by atoms with Crippen LogP contribution in [-0.4, -0.2) is 29.1 Å². The molecule has 0 aliphatic heterocycles. The van der Waals surface area contributed by atoms with Crippen LogP contribution in [0, 0.1) is 18.6 Å². The topological polar surface area (TPSA) is 91.1 Å². The number of aromatic amines is 1. The number of hydrogen-bond acceptors (Lipinski definition) is 3. The zero-order chi connectivity index (χ0) is 19.6. The first kappa shape index (κ1) is 18.2. The number of anilines is 1. The van der Waals surface area contributed by atoms with Gasteiger partial charge in [0.1, 0.15) is 0 Å². The van der Waals surface area contributed by atoms with Crippen molar-refractivity contribution in [3.63, 3.8) is 0 Å². The average molecular weight is 371 g/mol. The quantitative estimate of drug-likeness (QED) is 0.476. The summed E-state index contributed by atoms with van der Waals surface area (Å²) in [5.41, 5.74) is 1.54. The van der Waals surface area contributed by atoms with E-state index in [-0.39, 0.29) is 11.3 Å². The molecule has 0 saturated heterocycles. The van der Waals surface area contributed by atoms with Gasteiger partial charge in [0.25, 0.3) is 11.7 Å². The van der Waals surface area contributed by atoms with Gasteiger partial charge in [-0.2, -0.15) is 0 Å². The molecular formula is C19H15F2N3O3. The van der Waals surface area contributed by atoms with Crippen LogP contribution in [0.15, 0.2) is 42.5 Å². The molecule has 3 rings (SSSR count). The van der Waals surface area contributed by atoms with E-state index in [9.17, 15) is 23.2 Å². The zero-order valence-corrected chi connectivity index (χ0v) is 14.2. The van der Waals surface area contributed by atoms with E-state index in [4.69, 9.17) is 0 Å². The lowest BCUT2D eigenvalue weighted by molar-refractivity contribution is -0.121. The third-order valence-corrected chi connectivity index (χ3v) is 3.94. The molecule has 3 aromatic rings. The second kappa shape index (κ2) is 7.36. The fourth-order valence-corrected chi connectivity index (χ4v) is 2.70. The fourth-order valence-electron chi connectivity index (χ4n) is 2.70. The molecule has 138 valence electrons. The predicted molar refractivity (Wildman–Crippen MR) is 95.4 cm³/mol. The Kier molecular flexibility index (Phi) is 4.98. The van der Waals surface area contributed by atoms with Crippen LogP contribution in [0.5, 0.6) is 0 Å². The van der Waals surface area contributed by atoms with Crippen molar-refractivity contribution < 1.29 is 23.2 Å². The number of aromatic nitrogens is 1. The molecule has 0 unspecified atom stereocenters. The number of nitrogens with one attached hydrogen (secondary N) is 3. The van der Waals surface area contributed by atoms with Gasteiger partial charge >= 0.3 is 0 Å². The van der Waals surface area contributed by atoms with E-state index in [2.05, 4.69) is 15.6 Å². The Morgan fingerprint density at radius 2 is 1.78 bits per heavy atom. The van der Waals surface area contributed by atoms with Gasteiger partial charge in [-0.05, 0) is 25.1 Å². The van der Waals surface area contributed by atoms with Crippen LogP contribution in [0.25, 0.3) is 10.9 Å². The molecular weight excluding hydrogens is 356 g/mol. The van der Waals surface area contributed by atoms with Gasteiger partial charge in [-0.15, -0.1) is 0 Å². The normalized spacial score (nSPS) is 10.6. The summed E-state index contributed by atoms with van der Waals surface area (Å²) in [4.78, 5) is 39.4. The minimum atomic E-state index is -1.11. The monoisotopic (exact) mass is 371 g/mol. The van der Waals surface area contributed by atoms with Crippen molar-refractivity contribution in [1.82, 2.24) is 10.3 Å². The summed E-state index contributed by atoms with van der Waals surface area (Å²) < 4.78 is 26.0. The highest BCUT2D eigenvalue weighted by molar-refractivity contribution is 6.45. The van der Waals surface area contributed by atoms with E-state index >= 15 is 0 Å². The highest BCUT2D eigenvalue weighted by Crippen LogP contribution is 2.22. The molecule has 0 atom stereocenters. The molecule has 0 spiro atoms. The van der Waals surface area contributed by atoms with Gasteiger partial charge in [-0.25, -0.2) is 8.78 Å². The number of ketones is 1. The molecule has 3 N–H and O–H groups in total. The maximum absolute atomic E-state index is 13.1. The molecule has 27 heavy (non-hydrogen) atoms. The lowest BCUT2D eigenvalue weighted by Crippen LogP contribution is -2.37. The number of para-hydroxylation sites is 1. The Hall–Kier alpha value is -3.55. The van der Waals surface area contributed by atoms with Gasteiger partial charge < -0.3 is 15.6 Å². The average Bonchev–Trinajstić information content (AvgIpc) is 2.97. The van der Waals surface area contributed by atoms with Crippen molar-refractivity contribution in [1.29, 1.82) is 0 Å². The van der Waals surface area contributed by atoms with E-state index in [1.54, 1.807) is 31.2 Å². The number of rotatable bonds is 5. The minimum absolute atomic E-state index is 0.0342. The summed E-state index contributed by atoms with van der Waals surface area (Å²) in [7, 11) is 0. The molecule has 1 aromatic heterocycles. The van der Waals surface area contributed by atoms with Gasteiger partial charge in [0.15, 0.2) is 11.6 Å². The number of hydrogen-bond donors (Lipinski definition) is 3. The maximum atomic E-state index is 13.1. The molecule has 0 saturated carbocycles. The third-order valence-electron chi connectivity index (χ3n) is 3.94. The van der Waals surface area contributed by atoms with Crippen LogP contribution < -0.4 is 10.6 Å². The Bertz CT molecular complexity index is 1060. The Labute approximate surface area is 152 Å². The summed E-state index contributed by atoms with van der Waals surface area (Å²) >= 11 is 0. The van der Waals surface area contributed by atoms with E-state index in [1.165, 1.54) is 6.07 Å². The third kappa shape index (κ3) is 3.84. The molecule has 0 aliphatic carbocycles. The molecule has 0 fully saturated rings. The Morgan fingerprint density at radius 3 is 2.52 bits per heavy atom. The van der Waals surface area contributed by atoms with Crippen molar-refractivity contribution in [2.24, 2.45) is 0 Å². The Morgan fingerprint density at radius 1 is 1.04 bits per heavy atom. The summed E-state index contributed by atoms with van der Waals surface area (Å²) in [6, 6.07) is 9.91. The standard InChI is InChI=1S/C19H15F2N3O3/c1-10-17(12-4-2-3-5-15(12)23-10)18(26)19(27)22-9-16(25)24-11-6-7-13(20)14(21)8-11/h2-8,23H,9H2,1H3,(H,22,27)(H,24,25). The molecule has 0 radical (unpaired) electrons. The largest absolute Gasteiger partial charge is 0.358 e. The van der Waals surface area contributed by atoms with E-state index in [0.29, 0.717) is 11.1 Å². The molecule has 0 aliphatic rings. The maximum Gasteiger partial charge on any atom is 0.292 e. The number of Topliss-reactive ketones (excluding diaryl/α,β-unsaturated/α-hetero) is 1. The van der Waals surface area contributed by atoms with Crippen molar-refractivity contribution >= 4 is 34.2 Å². The van der Waals surface area contributed by atoms with Crippen LogP contribution in [-0.2, 0) is 9.59 Å². The zero-order valence-electron chi connectivity index (χ0n) is 14.2. The second-order valence-electron chi connectivity index (χ2n) is 5.86. The van der Waals surface area contributed by atoms with Crippen LogP contribution in [0.1, 0.15) is 16.1 Å². The van der Waals surface area contributed by atoms with Gasteiger partial charge in [-0.3, -0.25) is 14.4 Å². The number of halogens is 2. The van der Waals surface area contributed by atoms with E-state index in [1.807, 2.05) is 0 Å². The summed E-state index contributed by atoms with van der Waals surface area (Å²) in [5.74, 6) is -4.55. The van der Waals surface area contributed by atoms with Crippen molar-refractivity contribution in [2.45, 2.75) is 6.92 Å². The number of carbonyl (C=O) groups excluding carboxylic acids is 3. The molecule has 1 heterocycles. The number of H-pyrrole nitrogens is 1. The lowest BCUT2D eigenvalue weighted by Gasteiger charge is -2.07. The fraction of sp³-hybridized carbons (Fsp3) is 0.105. The number of amides is 2. The number of carbonyl (C=O) groups is 3. The minimum Gasteiger partial charge on any atom is -0.358 e. The van der Waals surface area contributed by atoms with Crippen molar-refractivity contribution in [2.75, 3.05) is 11.9 Å². The first-order valence-corrected chi connectivity index (χ1v) is 8.01. The van der Waals surface area contributed by atoms with Gasteiger partial charge in [0, 0.05) is 28.4 Å². The number of fused-ring (bicyclic) bond motifs is 1. The van der Waals surface area contributed by atoms with Crippen molar-refractivity contribution in [3.8, 4) is 0 Å². The number of benzene rings is 2. The lowest BCUT2D eigenvalue weighted by atomic mass is 10.1. The Balaban J connectivity index is 1.64. The highest BCUT2D eigenvalue weighted by atomic mass is 19.2. The number of aryl methyl sites for hydroxylation is 1. The molecule has 6 nitrogen and oxygen atoms in total. The first-order chi connectivity index (χ1) is 12.9. The highest BCUT2D eigenvalue weighted by Gasteiger charge is 2.22. The smallest absolute Gasteiger partial charge is 0.292 e. The molecule has 2 aromatic carbocycles. The summed E-state index contributed by atoms with van der Waals surface area (Å²) in [6.45, 7) is 1.18.